The lowest BCUT2D eigenvalue weighted by Crippen LogP contribution is -2.21. The topological polar surface area (TPSA) is 57.5 Å². The van der Waals surface area contributed by atoms with Crippen LogP contribution in [0.25, 0.3) is 0 Å². The van der Waals surface area contributed by atoms with Crippen molar-refractivity contribution in [3.8, 4) is 5.75 Å². The molecule has 0 heterocycles. The third kappa shape index (κ3) is 2.51. The highest BCUT2D eigenvalue weighted by Crippen LogP contribution is 2.32. The van der Waals surface area contributed by atoms with E-state index in [1.165, 1.54) is 13.0 Å². The molecule has 0 saturated heterocycles. The number of phenols is 1. The molecule has 0 atom stereocenters. The molecule has 0 amide bonds. The Bertz CT molecular complexity index is 401. The summed E-state index contributed by atoms with van der Waals surface area (Å²) in [5.41, 5.74) is 0.293. The molecular weight excluding hydrogens is 211 g/mol. The summed E-state index contributed by atoms with van der Waals surface area (Å²) in [5, 5.41) is 18.1. The number of aryl methyl sites for hydroxylation is 1. The molecule has 16 heavy (non-hydrogen) atoms. The third-order valence-electron chi connectivity index (χ3n) is 2.61. The van der Waals surface area contributed by atoms with E-state index in [1.54, 1.807) is 19.9 Å². The molecule has 0 aromatic heterocycles. The molecule has 2 N–H and O–H groups in total. The SMILES string of the molecule is Cc1cc(C(C)(C)CC(=O)O)cc(O)c1F. The van der Waals surface area contributed by atoms with Gasteiger partial charge in [-0.3, -0.25) is 4.79 Å². The number of phenolic OH excluding ortho intramolecular Hbond substituents is 1. The summed E-state index contributed by atoms with van der Waals surface area (Å²) in [6.07, 6.45) is -0.0719. The van der Waals surface area contributed by atoms with Crippen molar-refractivity contribution in [3.63, 3.8) is 0 Å². The van der Waals surface area contributed by atoms with Crippen molar-refractivity contribution in [1.82, 2.24) is 0 Å². The van der Waals surface area contributed by atoms with Crippen molar-refractivity contribution in [3.05, 3.63) is 29.1 Å². The van der Waals surface area contributed by atoms with E-state index in [0.717, 1.165) is 0 Å². The van der Waals surface area contributed by atoms with Gasteiger partial charge in [-0.25, -0.2) is 4.39 Å². The number of carbonyl (C=O) groups is 1. The first-order valence-electron chi connectivity index (χ1n) is 4.95. The number of hydrogen-bond donors (Lipinski definition) is 2. The van der Waals surface area contributed by atoms with Crippen LogP contribution in [0.4, 0.5) is 4.39 Å². The van der Waals surface area contributed by atoms with Gasteiger partial charge >= 0.3 is 5.97 Å². The fourth-order valence-corrected chi connectivity index (χ4v) is 1.62. The first-order chi connectivity index (χ1) is 7.24. The quantitative estimate of drug-likeness (QED) is 0.832. The maximum Gasteiger partial charge on any atom is 0.304 e. The second-order valence-electron chi connectivity index (χ2n) is 4.58. The van der Waals surface area contributed by atoms with Gasteiger partial charge in [0.15, 0.2) is 11.6 Å². The Kier molecular flexibility index (Phi) is 3.21. The maximum atomic E-state index is 13.2. The zero-order valence-electron chi connectivity index (χ0n) is 9.54. The molecule has 1 aromatic carbocycles. The van der Waals surface area contributed by atoms with Gasteiger partial charge in [0, 0.05) is 5.41 Å². The van der Waals surface area contributed by atoms with Crippen molar-refractivity contribution in [2.75, 3.05) is 0 Å². The van der Waals surface area contributed by atoms with E-state index >= 15 is 0 Å². The van der Waals surface area contributed by atoms with Gasteiger partial charge in [-0.05, 0) is 24.1 Å². The summed E-state index contributed by atoms with van der Waals surface area (Å²) in [4.78, 5) is 10.7. The highest BCUT2D eigenvalue weighted by Gasteiger charge is 2.25. The van der Waals surface area contributed by atoms with Gasteiger partial charge in [0.2, 0.25) is 0 Å². The summed E-state index contributed by atoms with van der Waals surface area (Å²) in [6.45, 7) is 5.02. The number of halogens is 1. The van der Waals surface area contributed by atoms with Crippen molar-refractivity contribution in [2.45, 2.75) is 32.6 Å². The number of aromatic hydroxyl groups is 1. The van der Waals surface area contributed by atoms with Crippen LogP contribution in [0.15, 0.2) is 12.1 Å². The van der Waals surface area contributed by atoms with E-state index in [0.29, 0.717) is 11.1 Å². The number of aliphatic carboxylic acids is 1. The van der Waals surface area contributed by atoms with Gasteiger partial charge in [-0.1, -0.05) is 19.9 Å². The van der Waals surface area contributed by atoms with Crippen LogP contribution in [0.1, 0.15) is 31.4 Å². The van der Waals surface area contributed by atoms with Crippen LogP contribution >= 0.6 is 0 Å². The van der Waals surface area contributed by atoms with Crippen molar-refractivity contribution in [1.29, 1.82) is 0 Å². The molecule has 88 valence electrons. The van der Waals surface area contributed by atoms with Gasteiger partial charge in [0.05, 0.1) is 6.42 Å². The molecule has 1 aromatic rings. The second kappa shape index (κ2) is 4.12. The number of benzene rings is 1. The maximum absolute atomic E-state index is 13.2. The molecule has 0 spiro atoms. The molecule has 0 unspecified atom stereocenters. The number of carboxylic acid groups (broad SMARTS) is 1. The molecule has 0 aliphatic carbocycles. The molecule has 1 rings (SSSR count). The lowest BCUT2D eigenvalue weighted by molar-refractivity contribution is -0.138. The minimum atomic E-state index is -0.925. The predicted octanol–water partition coefficient (Wildman–Crippen LogP) is 2.59. The molecule has 0 saturated carbocycles. The van der Waals surface area contributed by atoms with E-state index < -0.39 is 23.0 Å². The average Bonchev–Trinajstić information content (AvgIpc) is 2.11. The Morgan fingerprint density at radius 1 is 1.44 bits per heavy atom. The van der Waals surface area contributed by atoms with Crippen molar-refractivity contribution >= 4 is 5.97 Å². The minimum Gasteiger partial charge on any atom is -0.505 e. The molecule has 3 nitrogen and oxygen atoms in total. The number of carboxylic acids is 1. The van der Waals surface area contributed by atoms with Crippen LogP contribution in [-0.4, -0.2) is 16.2 Å². The Labute approximate surface area is 93.5 Å². The lowest BCUT2D eigenvalue weighted by atomic mass is 9.81. The van der Waals surface area contributed by atoms with Gasteiger partial charge in [-0.2, -0.15) is 0 Å². The summed E-state index contributed by atoms with van der Waals surface area (Å²) < 4.78 is 13.2. The Balaban J connectivity index is 3.18. The Morgan fingerprint density at radius 2 is 2.00 bits per heavy atom. The number of hydrogen-bond acceptors (Lipinski definition) is 2. The van der Waals surface area contributed by atoms with E-state index in [9.17, 15) is 14.3 Å². The zero-order valence-corrected chi connectivity index (χ0v) is 9.54. The summed E-state index contributed by atoms with van der Waals surface area (Å²) in [6, 6.07) is 2.85. The molecule has 0 bridgehead atoms. The first kappa shape index (κ1) is 12.5. The third-order valence-corrected chi connectivity index (χ3v) is 2.61. The Morgan fingerprint density at radius 3 is 2.44 bits per heavy atom. The van der Waals surface area contributed by atoms with E-state index in [2.05, 4.69) is 0 Å². The standard InChI is InChI=1S/C12H15FO3/c1-7-4-8(5-9(14)11(7)13)12(2,3)6-10(15)16/h4-5,14H,6H2,1-3H3,(H,15,16). The van der Waals surface area contributed by atoms with Crippen molar-refractivity contribution in [2.24, 2.45) is 0 Å². The molecule has 0 fully saturated rings. The monoisotopic (exact) mass is 226 g/mol. The van der Waals surface area contributed by atoms with Gasteiger partial charge in [0.1, 0.15) is 0 Å². The van der Waals surface area contributed by atoms with Gasteiger partial charge in [0.25, 0.3) is 0 Å². The zero-order chi connectivity index (χ0) is 12.5. The van der Waals surface area contributed by atoms with Gasteiger partial charge in [-0.15, -0.1) is 0 Å². The fraction of sp³-hybridized carbons (Fsp3) is 0.417. The Hall–Kier alpha value is -1.58. The highest BCUT2D eigenvalue weighted by molar-refractivity contribution is 5.69. The van der Waals surface area contributed by atoms with E-state index in [-0.39, 0.29) is 6.42 Å². The van der Waals surface area contributed by atoms with Crippen LogP contribution in [0, 0.1) is 12.7 Å². The molecule has 0 aliphatic rings. The second-order valence-corrected chi connectivity index (χ2v) is 4.58. The van der Waals surface area contributed by atoms with Crippen LogP contribution in [0.3, 0.4) is 0 Å². The fourth-order valence-electron chi connectivity index (χ4n) is 1.62. The van der Waals surface area contributed by atoms with Crippen molar-refractivity contribution < 1.29 is 19.4 Å². The molecule has 0 radical (unpaired) electrons. The van der Waals surface area contributed by atoms with Crippen LogP contribution in [0.2, 0.25) is 0 Å². The number of rotatable bonds is 3. The van der Waals surface area contributed by atoms with Gasteiger partial charge < -0.3 is 10.2 Å². The molecule has 4 heteroatoms. The predicted molar refractivity (Wildman–Crippen MR) is 58.1 cm³/mol. The average molecular weight is 226 g/mol. The molecule has 0 aliphatic heterocycles. The molecular formula is C12H15FO3. The normalized spacial score (nSPS) is 11.5. The lowest BCUT2D eigenvalue weighted by Gasteiger charge is -2.23. The van der Waals surface area contributed by atoms with Crippen LogP contribution in [-0.2, 0) is 10.2 Å². The van der Waals surface area contributed by atoms with Crippen LogP contribution < -0.4 is 0 Å². The smallest absolute Gasteiger partial charge is 0.304 e. The summed E-state index contributed by atoms with van der Waals surface area (Å²) >= 11 is 0. The van der Waals surface area contributed by atoms with E-state index in [1.807, 2.05) is 0 Å². The van der Waals surface area contributed by atoms with Crippen LogP contribution in [0.5, 0.6) is 5.75 Å². The largest absolute Gasteiger partial charge is 0.505 e. The summed E-state index contributed by atoms with van der Waals surface area (Å²) in [7, 11) is 0. The minimum absolute atomic E-state index is 0.0719. The van der Waals surface area contributed by atoms with E-state index in [4.69, 9.17) is 5.11 Å². The summed E-state index contributed by atoms with van der Waals surface area (Å²) in [5.74, 6) is -2.02. The first-order valence-corrected chi connectivity index (χ1v) is 4.95. The highest BCUT2D eigenvalue weighted by atomic mass is 19.1.